The van der Waals surface area contributed by atoms with Gasteiger partial charge in [-0.25, -0.2) is 4.98 Å². The standard InChI is InChI=1S/C17H20N4O3/c1-20-13(17(22)19-7-9-21-8-6-18-11-21)10-12-14(23-2)4-5-15(24-3)16(12)20/h4-6,8,10-11H,7,9H2,1-3H3,(H,19,22). The van der Waals surface area contributed by atoms with Crippen molar-refractivity contribution in [2.75, 3.05) is 20.8 Å². The summed E-state index contributed by atoms with van der Waals surface area (Å²) in [6.07, 6.45) is 5.29. The van der Waals surface area contributed by atoms with Gasteiger partial charge < -0.3 is 23.9 Å². The molecule has 2 aromatic heterocycles. The summed E-state index contributed by atoms with van der Waals surface area (Å²) >= 11 is 0. The molecule has 1 N–H and O–H groups in total. The average Bonchev–Trinajstić information content (AvgIpc) is 3.22. The van der Waals surface area contributed by atoms with E-state index in [0.29, 0.717) is 30.3 Å². The zero-order valence-electron chi connectivity index (χ0n) is 13.9. The quantitative estimate of drug-likeness (QED) is 0.749. The van der Waals surface area contributed by atoms with E-state index in [1.165, 1.54) is 0 Å². The minimum Gasteiger partial charge on any atom is -0.496 e. The van der Waals surface area contributed by atoms with Crippen molar-refractivity contribution in [3.63, 3.8) is 0 Å². The minimum atomic E-state index is -0.141. The average molecular weight is 328 g/mol. The Kier molecular flexibility index (Phi) is 4.41. The highest BCUT2D eigenvalue weighted by Crippen LogP contribution is 2.35. The first kappa shape index (κ1) is 15.9. The smallest absolute Gasteiger partial charge is 0.267 e. The molecule has 3 aromatic rings. The Balaban J connectivity index is 1.86. The van der Waals surface area contributed by atoms with E-state index in [4.69, 9.17) is 9.47 Å². The van der Waals surface area contributed by atoms with Crippen LogP contribution < -0.4 is 14.8 Å². The number of fused-ring (bicyclic) bond motifs is 1. The molecule has 3 rings (SSSR count). The van der Waals surface area contributed by atoms with E-state index in [9.17, 15) is 4.79 Å². The number of imidazole rings is 1. The molecule has 24 heavy (non-hydrogen) atoms. The van der Waals surface area contributed by atoms with Gasteiger partial charge in [0.2, 0.25) is 0 Å². The number of nitrogens with zero attached hydrogens (tertiary/aromatic N) is 3. The second kappa shape index (κ2) is 6.66. The predicted molar refractivity (Wildman–Crippen MR) is 90.6 cm³/mol. The number of amides is 1. The van der Waals surface area contributed by atoms with E-state index in [2.05, 4.69) is 10.3 Å². The molecule has 7 heteroatoms. The van der Waals surface area contributed by atoms with E-state index in [-0.39, 0.29) is 5.91 Å². The Bertz CT molecular complexity index is 852. The van der Waals surface area contributed by atoms with Gasteiger partial charge in [-0.2, -0.15) is 0 Å². The largest absolute Gasteiger partial charge is 0.496 e. The Hall–Kier alpha value is -2.96. The van der Waals surface area contributed by atoms with E-state index in [0.717, 1.165) is 10.9 Å². The maximum atomic E-state index is 12.5. The van der Waals surface area contributed by atoms with E-state index >= 15 is 0 Å². The highest BCUT2D eigenvalue weighted by molar-refractivity contribution is 6.02. The maximum Gasteiger partial charge on any atom is 0.267 e. The molecule has 0 aliphatic carbocycles. The molecule has 126 valence electrons. The van der Waals surface area contributed by atoms with Crippen molar-refractivity contribution in [3.8, 4) is 11.5 Å². The first-order valence-corrected chi connectivity index (χ1v) is 7.60. The minimum absolute atomic E-state index is 0.141. The Labute approximate surface area is 139 Å². The summed E-state index contributed by atoms with van der Waals surface area (Å²) in [5.41, 5.74) is 1.38. The van der Waals surface area contributed by atoms with Crippen molar-refractivity contribution in [1.82, 2.24) is 19.4 Å². The van der Waals surface area contributed by atoms with Crippen LogP contribution in [0.2, 0.25) is 0 Å². The summed E-state index contributed by atoms with van der Waals surface area (Å²) in [6.45, 7) is 1.19. The summed E-state index contributed by atoms with van der Waals surface area (Å²) in [7, 11) is 5.06. The number of hydrogen-bond acceptors (Lipinski definition) is 4. The monoisotopic (exact) mass is 328 g/mol. The number of hydrogen-bond donors (Lipinski definition) is 1. The Morgan fingerprint density at radius 3 is 2.67 bits per heavy atom. The summed E-state index contributed by atoms with van der Waals surface area (Å²) in [5.74, 6) is 1.27. The lowest BCUT2D eigenvalue weighted by Crippen LogP contribution is -2.28. The lowest BCUT2D eigenvalue weighted by molar-refractivity contribution is 0.0944. The number of carbonyl (C=O) groups excluding carboxylic acids is 1. The number of aromatic nitrogens is 3. The number of ether oxygens (including phenoxy) is 2. The maximum absolute atomic E-state index is 12.5. The van der Waals surface area contributed by atoms with Crippen molar-refractivity contribution >= 4 is 16.8 Å². The molecule has 0 aliphatic rings. The van der Waals surface area contributed by atoms with Gasteiger partial charge in [-0.1, -0.05) is 0 Å². The summed E-state index contributed by atoms with van der Waals surface area (Å²) in [5, 5.41) is 3.77. The van der Waals surface area contributed by atoms with E-state index in [1.807, 2.05) is 40.6 Å². The number of aryl methyl sites for hydroxylation is 1. The Morgan fingerprint density at radius 1 is 1.25 bits per heavy atom. The van der Waals surface area contributed by atoms with Gasteiger partial charge in [0.25, 0.3) is 5.91 Å². The topological polar surface area (TPSA) is 70.3 Å². The molecule has 0 atom stereocenters. The fourth-order valence-electron chi connectivity index (χ4n) is 2.78. The molecule has 0 spiro atoms. The third-order valence-corrected chi connectivity index (χ3v) is 4.01. The van der Waals surface area contributed by atoms with Crippen LogP contribution in [-0.4, -0.2) is 40.8 Å². The van der Waals surface area contributed by atoms with Crippen LogP contribution in [0.15, 0.2) is 36.9 Å². The lowest BCUT2D eigenvalue weighted by atomic mass is 10.2. The van der Waals surface area contributed by atoms with Gasteiger partial charge >= 0.3 is 0 Å². The van der Waals surface area contributed by atoms with Crippen LogP contribution in [0.3, 0.4) is 0 Å². The molecule has 0 saturated carbocycles. The van der Waals surface area contributed by atoms with Crippen molar-refractivity contribution in [2.45, 2.75) is 6.54 Å². The first-order valence-electron chi connectivity index (χ1n) is 7.60. The Morgan fingerprint density at radius 2 is 2.00 bits per heavy atom. The molecular weight excluding hydrogens is 308 g/mol. The van der Waals surface area contributed by atoms with E-state index < -0.39 is 0 Å². The zero-order valence-corrected chi connectivity index (χ0v) is 13.9. The molecule has 0 bridgehead atoms. The fraction of sp³-hybridized carbons (Fsp3) is 0.294. The zero-order chi connectivity index (χ0) is 17.1. The molecule has 7 nitrogen and oxygen atoms in total. The molecule has 0 aliphatic heterocycles. The van der Waals surface area contributed by atoms with Gasteiger partial charge in [-0.15, -0.1) is 0 Å². The molecular formula is C17H20N4O3. The van der Waals surface area contributed by atoms with Gasteiger partial charge in [-0.3, -0.25) is 4.79 Å². The lowest BCUT2D eigenvalue weighted by Gasteiger charge is -2.09. The number of nitrogens with one attached hydrogen (secondary N) is 1. The number of rotatable bonds is 6. The summed E-state index contributed by atoms with van der Waals surface area (Å²) in [4.78, 5) is 16.5. The van der Waals surface area contributed by atoms with Gasteiger partial charge in [0.1, 0.15) is 17.2 Å². The van der Waals surface area contributed by atoms with Crippen molar-refractivity contribution in [1.29, 1.82) is 0 Å². The third kappa shape index (κ3) is 2.80. The van der Waals surface area contributed by atoms with Crippen LogP contribution in [-0.2, 0) is 13.6 Å². The van der Waals surface area contributed by atoms with Crippen molar-refractivity contribution in [3.05, 3.63) is 42.6 Å². The van der Waals surface area contributed by atoms with Gasteiger partial charge in [0.15, 0.2) is 0 Å². The van der Waals surface area contributed by atoms with Crippen LogP contribution in [0.1, 0.15) is 10.5 Å². The second-order valence-corrected chi connectivity index (χ2v) is 5.38. The molecule has 0 radical (unpaired) electrons. The molecule has 2 heterocycles. The number of benzene rings is 1. The van der Waals surface area contributed by atoms with Crippen molar-refractivity contribution in [2.24, 2.45) is 7.05 Å². The highest BCUT2D eigenvalue weighted by Gasteiger charge is 2.18. The van der Waals surface area contributed by atoms with Crippen LogP contribution in [0.4, 0.5) is 0 Å². The van der Waals surface area contributed by atoms with Crippen LogP contribution >= 0.6 is 0 Å². The van der Waals surface area contributed by atoms with Gasteiger partial charge in [0, 0.05) is 37.9 Å². The SMILES string of the molecule is COc1ccc(OC)c2c1cc(C(=O)NCCn1ccnc1)n2C. The van der Waals surface area contributed by atoms with Gasteiger partial charge in [0.05, 0.1) is 26.1 Å². The van der Waals surface area contributed by atoms with E-state index in [1.54, 1.807) is 26.7 Å². The van der Waals surface area contributed by atoms with Crippen LogP contribution in [0.5, 0.6) is 11.5 Å². The van der Waals surface area contributed by atoms with Crippen molar-refractivity contribution < 1.29 is 14.3 Å². The normalized spacial score (nSPS) is 10.8. The predicted octanol–water partition coefficient (Wildman–Crippen LogP) is 1.82. The molecule has 1 amide bonds. The first-order chi connectivity index (χ1) is 11.7. The molecule has 1 aromatic carbocycles. The summed E-state index contributed by atoms with van der Waals surface area (Å²) in [6, 6.07) is 5.49. The molecule has 0 fully saturated rings. The second-order valence-electron chi connectivity index (χ2n) is 5.38. The third-order valence-electron chi connectivity index (χ3n) is 4.01. The molecule has 0 unspecified atom stereocenters. The highest BCUT2D eigenvalue weighted by atomic mass is 16.5. The number of carbonyl (C=O) groups is 1. The van der Waals surface area contributed by atoms with Crippen LogP contribution in [0.25, 0.3) is 10.9 Å². The van der Waals surface area contributed by atoms with Crippen LogP contribution in [0, 0.1) is 0 Å². The number of methoxy groups -OCH3 is 2. The summed E-state index contributed by atoms with van der Waals surface area (Å²) < 4.78 is 14.5. The molecule has 0 saturated heterocycles. The van der Waals surface area contributed by atoms with Gasteiger partial charge in [-0.05, 0) is 18.2 Å². The fourth-order valence-corrected chi connectivity index (χ4v) is 2.78.